The summed E-state index contributed by atoms with van der Waals surface area (Å²) in [5.74, 6) is 1.95. The molecule has 1 aromatic rings. The lowest BCUT2D eigenvalue weighted by Crippen LogP contribution is -2.21. The Hall–Kier alpha value is -2.93. The summed E-state index contributed by atoms with van der Waals surface area (Å²) >= 11 is 0. The highest BCUT2D eigenvalue weighted by molar-refractivity contribution is 5.97. The van der Waals surface area contributed by atoms with Crippen molar-refractivity contribution in [3.8, 4) is 0 Å². The van der Waals surface area contributed by atoms with Crippen LogP contribution in [0.4, 0.5) is 0 Å². The van der Waals surface area contributed by atoms with Crippen LogP contribution in [-0.2, 0) is 11.2 Å². The van der Waals surface area contributed by atoms with Crippen LogP contribution < -0.4 is 0 Å². The number of rotatable bonds is 6. The van der Waals surface area contributed by atoms with Crippen LogP contribution in [0.15, 0.2) is 107 Å². The molecule has 1 aromatic carbocycles. The Labute approximate surface area is 218 Å². The number of benzene rings is 1. The van der Waals surface area contributed by atoms with Gasteiger partial charge in [-0.3, -0.25) is 4.79 Å². The molecule has 3 aliphatic rings. The number of hydrogen-bond donors (Lipinski definition) is 0. The van der Waals surface area contributed by atoms with E-state index in [1.165, 1.54) is 53.5 Å². The molecule has 0 N–H and O–H groups in total. The molecule has 0 aromatic heterocycles. The maximum Gasteiger partial charge on any atom is 0.163 e. The Kier molecular flexibility index (Phi) is 8.62. The monoisotopic (exact) mass is 478 g/mol. The van der Waals surface area contributed by atoms with Gasteiger partial charge in [-0.05, 0) is 91.2 Å². The first kappa shape index (κ1) is 26.1. The van der Waals surface area contributed by atoms with Gasteiger partial charge in [0.2, 0.25) is 0 Å². The Balaban J connectivity index is 1.46. The zero-order valence-corrected chi connectivity index (χ0v) is 22.6. The second-order valence-corrected chi connectivity index (χ2v) is 11.2. The molecular weight excluding hydrogens is 436 g/mol. The zero-order valence-electron chi connectivity index (χ0n) is 22.6. The summed E-state index contributed by atoms with van der Waals surface area (Å²) in [6.07, 6.45) is 24.6. The minimum atomic E-state index is -0.186. The van der Waals surface area contributed by atoms with Gasteiger partial charge < -0.3 is 0 Å². The smallest absolute Gasteiger partial charge is 0.163 e. The summed E-state index contributed by atoms with van der Waals surface area (Å²) in [7, 11) is 0. The number of carbonyl (C=O) groups is 1. The SMILES string of the molecule is C=C1/C(=C\C=C(/C)C(C)C2=CC=C(C3CCC(C)CC3)C=CC2)C=CC(=O)C1Cc1ccccc1C. The molecule has 4 rings (SSSR count). The standard InChI is InChI=1S/C35H42O/c1-24-13-16-32(17-14-24)31-12-8-11-29(19-20-31)27(4)25(2)15-18-30-21-22-35(36)34(28(30)5)23-33-10-7-6-9-26(33)3/h6-10,12,15,18-22,24,27,32,34H,5,11,13-14,16-17,23H2,1-4H3/b25-15+,30-18-. The van der Waals surface area contributed by atoms with Gasteiger partial charge in [0.05, 0.1) is 5.92 Å². The summed E-state index contributed by atoms with van der Waals surface area (Å²) in [5.41, 5.74) is 8.74. The maximum atomic E-state index is 12.7. The van der Waals surface area contributed by atoms with Crippen molar-refractivity contribution < 1.29 is 4.79 Å². The molecule has 2 atom stereocenters. The van der Waals surface area contributed by atoms with Gasteiger partial charge >= 0.3 is 0 Å². The van der Waals surface area contributed by atoms with Crippen LogP contribution in [0.2, 0.25) is 0 Å². The Morgan fingerprint density at radius 1 is 1.08 bits per heavy atom. The van der Waals surface area contributed by atoms with E-state index in [1.807, 2.05) is 18.2 Å². The Bertz CT molecular complexity index is 1170. The van der Waals surface area contributed by atoms with Gasteiger partial charge in [0.1, 0.15) is 0 Å². The van der Waals surface area contributed by atoms with Gasteiger partial charge in [-0.2, -0.15) is 0 Å². The molecule has 1 nitrogen and oxygen atoms in total. The Morgan fingerprint density at radius 2 is 1.83 bits per heavy atom. The van der Waals surface area contributed by atoms with Gasteiger partial charge in [-0.25, -0.2) is 0 Å². The van der Waals surface area contributed by atoms with Crippen LogP contribution in [0, 0.1) is 30.6 Å². The van der Waals surface area contributed by atoms with E-state index in [4.69, 9.17) is 0 Å². The molecule has 1 heteroatoms. The topological polar surface area (TPSA) is 17.1 Å². The number of allylic oxidation sites excluding steroid dienone is 13. The van der Waals surface area contributed by atoms with Gasteiger partial charge in [-0.15, -0.1) is 0 Å². The van der Waals surface area contributed by atoms with Gasteiger partial charge in [0.15, 0.2) is 5.78 Å². The number of ketones is 1. The second-order valence-electron chi connectivity index (χ2n) is 11.2. The van der Waals surface area contributed by atoms with E-state index in [0.717, 1.165) is 29.4 Å². The van der Waals surface area contributed by atoms with E-state index in [9.17, 15) is 4.79 Å². The molecule has 188 valence electrons. The maximum absolute atomic E-state index is 12.7. The minimum absolute atomic E-state index is 0.153. The lowest BCUT2D eigenvalue weighted by Gasteiger charge is -2.26. The second kappa shape index (κ2) is 11.9. The summed E-state index contributed by atoms with van der Waals surface area (Å²) in [6, 6.07) is 8.32. The van der Waals surface area contributed by atoms with Crippen molar-refractivity contribution >= 4 is 5.78 Å². The summed E-state index contributed by atoms with van der Waals surface area (Å²) in [6.45, 7) is 13.4. The predicted molar refractivity (Wildman–Crippen MR) is 154 cm³/mol. The zero-order chi connectivity index (χ0) is 25.7. The van der Waals surface area contributed by atoms with E-state index >= 15 is 0 Å². The van der Waals surface area contributed by atoms with Crippen LogP contribution in [0.5, 0.6) is 0 Å². The first-order chi connectivity index (χ1) is 17.3. The predicted octanol–water partition coefficient (Wildman–Crippen LogP) is 9.00. The fourth-order valence-corrected chi connectivity index (χ4v) is 5.72. The number of aryl methyl sites for hydroxylation is 1. The van der Waals surface area contributed by atoms with Crippen LogP contribution in [0.3, 0.4) is 0 Å². The van der Waals surface area contributed by atoms with Crippen molar-refractivity contribution in [2.75, 3.05) is 0 Å². The summed E-state index contributed by atoms with van der Waals surface area (Å²) in [5, 5.41) is 0. The van der Waals surface area contributed by atoms with Crippen molar-refractivity contribution in [2.45, 2.75) is 66.2 Å². The highest BCUT2D eigenvalue weighted by Gasteiger charge is 2.26. The summed E-state index contributed by atoms with van der Waals surface area (Å²) in [4.78, 5) is 12.7. The highest BCUT2D eigenvalue weighted by Crippen LogP contribution is 2.35. The lowest BCUT2D eigenvalue weighted by atomic mass is 9.79. The Morgan fingerprint density at radius 3 is 2.58 bits per heavy atom. The van der Waals surface area contributed by atoms with Crippen LogP contribution in [0.1, 0.15) is 64.0 Å². The molecule has 0 amide bonds. The molecule has 0 saturated heterocycles. The van der Waals surface area contributed by atoms with Crippen LogP contribution in [0.25, 0.3) is 0 Å². The molecule has 0 aliphatic heterocycles. The minimum Gasteiger partial charge on any atom is -0.294 e. The molecule has 0 spiro atoms. The van der Waals surface area contributed by atoms with Gasteiger partial charge in [0, 0.05) is 0 Å². The van der Waals surface area contributed by atoms with Crippen molar-refractivity contribution in [3.05, 3.63) is 118 Å². The molecular formula is C35H42O. The lowest BCUT2D eigenvalue weighted by molar-refractivity contribution is -0.117. The van der Waals surface area contributed by atoms with Crippen molar-refractivity contribution in [1.82, 2.24) is 0 Å². The first-order valence-corrected chi connectivity index (χ1v) is 13.7. The number of hydrogen-bond acceptors (Lipinski definition) is 1. The van der Waals surface area contributed by atoms with Crippen LogP contribution >= 0.6 is 0 Å². The fraction of sp³-hybridized carbons (Fsp3) is 0.400. The van der Waals surface area contributed by atoms with Crippen LogP contribution in [-0.4, -0.2) is 5.78 Å². The molecule has 3 aliphatic carbocycles. The van der Waals surface area contributed by atoms with Crippen molar-refractivity contribution in [3.63, 3.8) is 0 Å². The normalized spacial score (nSPS) is 27.1. The third-order valence-corrected chi connectivity index (χ3v) is 8.65. The third kappa shape index (κ3) is 6.25. The van der Waals surface area contributed by atoms with Crippen molar-refractivity contribution in [2.24, 2.45) is 23.7 Å². The molecule has 1 fully saturated rings. The molecule has 36 heavy (non-hydrogen) atoms. The molecule has 2 unspecified atom stereocenters. The summed E-state index contributed by atoms with van der Waals surface area (Å²) < 4.78 is 0. The number of carbonyl (C=O) groups excluding carboxylic acids is 1. The quantitative estimate of drug-likeness (QED) is 0.399. The molecule has 0 bridgehead atoms. The average molecular weight is 479 g/mol. The molecule has 1 saturated carbocycles. The van der Waals surface area contributed by atoms with E-state index in [0.29, 0.717) is 12.3 Å². The molecule has 0 radical (unpaired) electrons. The van der Waals surface area contributed by atoms with Crippen molar-refractivity contribution in [1.29, 1.82) is 0 Å². The van der Waals surface area contributed by atoms with E-state index in [1.54, 1.807) is 6.08 Å². The van der Waals surface area contributed by atoms with E-state index in [2.05, 4.69) is 82.9 Å². The van der Waals surface area contributed by atoms with E-state index < -0.39 is 0 Å². The van der Waals surface area contributed by atoms with E-state index in [-0.39, 0.29) is 11.7 Å². The van der Waals surface area contributed by atoms with Gasteiger partial charge in [-0.1, -0.05) is 111 Å². The highest BCUT2D eigenvalue weighted by atomic mass is 16.1. The largest absolute Gasteiger partial charge is 0.294 e. The molecule has 0 heterocycles. The fourth-order valence-electron chi connectivity index (χ4n) is 5.72. The van der Waals surface area contributed by atoms with Gasteiger partial charge in [0.25, 0.3) is 0 Å². The first-order valence-electron chi connectivity index (χ1n) is 13.7. The average Bonchev–Trinajstić information content (AvgIpc) is 3.13. The third-order valence-electron chi connectivity index (χ3n) is 8.65.